The summed E-state index contributed by atoms with van der Waals surface area (Å²) in [4.78, 5) is 0. The molecular formula is C132H75N3S3. The van der Waals surface area contributed by atoms with Crippen LogP contribution in [0.25, 0.3) is 308 Å². The third-order valence-corrected chi connectivity index (χ3v) is 33.9. The Kier molecular flexibility index (Phi) is 16.2. The lowest BCUT2D eigenvalue weighted by atomic mass is 9.93. The van der Waals surface area contributed by atoms with Crippen molar-refractivity contribution < 1.29 is 0 Å². The molecule has 0 amide bonds. The molecule has 0 fully saturated rings. The molecule has 6 aromatic heterocycles. The highest BCUT2D eigenvalue weighted by atomic mass is 32.1. The zero-order chi connectivity index (χ0) is 89.8. The molecule has 0 radical (unpaired) electrons. The Labute approximate surface area is 804 Å². The van der Waals surface area contributed by atoms with Crippen molar-refractivity contribution in [1.82, 2.24) is 13.7 Å². The third-order valence-electron chi connectivity index (χ3n) is 30.3. The number of thiophene rings is 3. The van der Waals surface area contributed by atoms with Crippen LogP contribution in [0, 0.1) is 0 Å². The van der Waals surface area contributed by atoms with Crippen molar-refractivity contribution in [1.29, 1.82) is 0 Å². The average Bonchev–Trinajstić information content (AvgIpc) is 1.55. The van der Waals surface area contributed by atoms with Gasteiger partial charge in [0.05, 0.1) is 33.1 Å². The third kappa shape index (κ3) is 10.9. The summed E-state index contributed by atoms with van der Waals surface area (Å²) in [6, 6.07) is 169. The van der Waals surface area contributed by atoms with E-state index in [1.807, 2.05) is 34.0 Å². The van der Waals surface area contributed by atoms with Gasteiger partial charge in [0.1, 0.15) is 0 Å². The lowest BCUT2D eigenvalue weighted by Gasteiger charge is -2.15. The number of aromatic nitrogens is 3. The zero-order valence-corrected chi connectivity index (χ0v) is 76.8. The normalized spacial score (nSPS) is 12.3. The molecule has 30 aromatic rings. The Bertz CT molecular complexity index is 10700. The second-order valence-electron chi connectivity index (χ2n) is 37.4. The molecule has 0 bridgehead atoms. The van der Waals surface area contributed by atoms with E-state index in [9.17, 15) is 0 Å². The van der Waals surface area contributed by atoms with E-state index in [1.54, 1.807) is 0 Å². The molecule has 0 aliphatic heterocycles. The highest BCUT2D eigenvalue weighted by molar-refractivity contribution is 7.27. The van der Waals surface area contributed by atoms with Gasteiger partial charge in [-0.15, -0.1) is 34.0 Å². The Balaban J connectivity index is 0.0000000959. The van der Waals surface area contributed by atoms with Gasteiger partial charge in [-0.25, -0.2) is 0 Å². The van der Waals surface area contributed by atoms with Gasteiger partial charge in [0, 0.05) is 121 Å². The summed E-state index contributed by atoms with van der Waals surface area (Å²) >= 11 is 5.72. The maximum atomic E-state index is 2.50. The summed E-state index contributed by atoms with van der Waals surface area (Å²) in [6.45, 7) is 0. The monoisotopic (exact) mass is 1800 g/mol. The zero-order valence-electron chi connectivity index (χ0n) is 74.4. The van der Waals surface area contributed by atoms with E-state index >= 15 is 0 Å². The maximum Gasteiger partial charge on any atom is 0.0548 e. The fourth-order valence-electron chi connectivity index (χ4n) is 24.6. The van der Waals surface area contributed by atoms with Crippen LogP contribution in [0.3, 0.4) is 0 Å². The van der Waals surface area contributed by atoms with Crippen molar-refractivity contribution in [2.45, 2.75) is 0 Å². The van der Waals surface area contributed by atoms with Gasteiger partial charge in [-0.1, -0.05) is 346 Å². The fourth-order valence-corrected chi connectivity index (χ4v) is 28.3. The Hall–Kier alpha value is -17.1. The van der Waals surface area contributed by atoms with E-state index in [0.29, 0.717) is 0 Å². The molecule has 0 saturated heterocycles. The summed E-state index contributed by atoms with van der Waals surface area (Å²) in [5.41, 5.74) is 34.3. The van der Waals surface area contributed by atoms with Gasteiger partial charge in [0.25, 0.3) is 0 Å². The summed E-state index contributed by atoms with van der Waals surface area (Å²) in [7, 11) is 0. The van der Waals surface area contributed by atoms with Gasteiger partial charge in [-0.05, 0) is 263 Å². The molecule has 3 aliphatic rings. The van der Waals surface area contributed by atoms with Crippen LogP contribution in [0.1, 0.15) is 0 Å². The van der Waals surface area contributed by atoms with Gasteiger partial charge in [-0.3, -0.25) is 0 Å². The molecular weight excluding hydrogens is 1720 g/mol. The first-order chi connectivity index (χ1) is 68.5. The minimum Gasteiger partial charge on any atom is -0.309 e. The first kappa shape index (κ1) is 76.3. The van der Waals surface area contributed by atoms with Crippen LogP contribution in [0.15, 0.2) is 455 Å². The van der Waals surface area contributed by atoms with E-state index in [0.717, 1.165) is 0 Å². The highest BCUT2D eigenvalue weighted by Gasteiger charge is 2.31. The number of rotatable bonds is 6. The van der Waals surface area contributed by atoms with E-state index in [2.05, 4.69) is 469 Å². The topological polar surface area (TPSA) is 14.8 Å². The first-order valence-corrected chi connectivity index (χ1v) is 50.0. The van der Waals surface area contributed by atoms with Gasteiger partial charge in [-0.2, -0.15) is 0 Å². The molecule has 24 aromatic carbocycles. The summed E-state index contributed by atoms with van der Waals surface area (Å²) in [5, 5.41) is 31.7. The van der Waals surface area contributed by atoms with Crippen molar-refractivity contribution in [2.75, 3.05) is 0 Å². The predicted molar refractivity (Wildman–Crippen MR) is 596 cm³/mol. The minimum atomic E-state index is 1.18. The largest absolute Gasteiger partial charge is 0.309 e. The Morgan fingerprint density at radius 1 is 0.138 bits per heavy atom. The van der Waals surface area contributed by atoms with Crippen molar-refractivity contribution in [3.05, 3.63) is 455 Å². The van der Waals surface area contributed by atoms with Gasteiger partial charge < -0.3 is 13.7 Å². The Morgan fingerprint density at radius 3 is 0.971 bits per heavy atom. The molecule has 0 spiro atoms. The summed E-state index contributed by atoms with van der Waals surface area (Å²) < 4.78 is 15.5. The summed E-state index contributed by atoms with van der Waals surface area (Å²) in [5.74, 6) is 0. The van der Waals surface area contributed by atoms with E-state index in [1.165, 1.54) is 308 Å². The lowest BCUT2D eigenvalue weighted by molar-refractivity contribution is 1.18. The number of fused-ring (bicyclic) bond motifs is 22. The lowest BCUT2D eigenvalue weighted by Crippen LogP contribution is -1.95. The second kappa shape index (κ2) is 29.2. The molecule has 0 atom stereocenters. The molecule has 6 heteroatoms. The van der Waals surface area contributed by atoms with Crippen molar-refractivity contribution in [3.8, 4) is 117 Å². The summed E-state index contributed by atoms with van der Waals surface area (Å²) in [6.07, 6.45) is 0. The number of nitrogens with zero attached hydrogens (tertiary/aromatic N) is 3. The molecule has 0 saturated carbocycles. The molecule has 6 heterocycles. The van der Waals surface area contributed by atoms with Gasteiger partial charge in [0.15, 0.2) is 0 Å². The molecule has 0 unspecified atom stereocenters. The van der Waals surface area contributed by atoms with Gasteiger partial charge in [0.2, 0.25) is 0 Å². The van der Waals surface area contributed by atoms with Crippen LogP contribution < -0.4 is 0 Å². The van der Waals surface area contributed by atoms with Crippen LogP contribution >= 0.6 is 34.0 Å². The van der Waals surface area contributed by atoms with Crippen molar-refractivity contribution in [2.24, 2.45) is 0 Å². The van der Waals surface area contributed by atoms with Crippen LogP contribution in [0.4, 0.5) is 0 Å². The van der Waals surface area contributed by atoms with E-state index in [-0.39, 0.29) is 0 Å². The first-order valence-electron chi connectivity index (χ1n) is 47.6. The average molecular weight is 1800 g/mol. The molecule has 0 N–H and O–H groups in total. The molecule has 3 aliphatic carbocycles. The molecule has 3 nitrogen and oxygen atoms in total. The predicted octanol–water partition coefficient (Wildman–Crippen LogP) is 38.3. The quantitative estimate of drug-likeness (QED) is 0.158. The van der Waals surface area contributed by atoms with Crippen molar-refractivity contribution in [3.63, 3.8) is 0 Å². The van der Waals surface area contributed by atoms with Crippen molar-refractivity contribution >= 4 is 225 Å². The van der Waals surface area contributed by atoms with Crippen LogP contribution in [-0.2, 0) is 0 Å². The standard InChI is InChI=1S/3C44H25NS/c1-2-10-28-25-40-37(24-27(28)9-1)36-19-7-16-31(44(36)46-40)29-12-5-13-30(23-29)45-38-20-8-18-35-33-15-4-3-14-32(33)34-17-6-11-26-21-22-39(45)43(41(26)34)42(35)38;1-2-14-30-28(10-1)25-36(44-41(30)35-17-5-6-21-39(35)46-44)27-12-7-13-29(24-27)45-37-20-9-19-34-32-16-4-3-15-31(32)33-18-8-11-26-22-23-38(45)43(40(26)33)42(34)37;1-2-14-30-27(10-1)25-36-33-17-5-6-21-39(33)46-44(36)41(30)28-12-7-13-29(24-28)45-37-20-9-19-35-32-16-4-3-15-31(32)34-18-8-11-26-22-23-38(45)43(40(26)34)42(35)37/h3*1-25H. The number of benzene rings is 24. The smallest absolute Gasteiger partial charge is 0.0548 e. The van der Waals surface area contributed by atoms with Crippen LogP contribution in [0.5, 0.6) is 0 Å². The minimum absolute atomic E-state index is 1.18. The Morgan fingerprint density at radius 2 is 0.464 bits per heavy atom. The maximum absolute atomic E-state index is 2.50. The molecule has 33 rings (SSSR count). The second-order valence-corrected chi connectivity index (χ2v) is 40.5. The molecule has 138 heavy (non-hydrogen) atoms. The van der Waals surface area contributed by atoms with Gasteiger partial charge >= 0.3 is 0 Å². The number of hydrogen-bond donors (Lipinski definition) is 0. The number of hydrogen-bond acceptors (Lipinski definition) is 3. The van der Waals surface area contributed by atoms with E-state index < -0.39 is 0 Å². The van der Waals surface area contributed by atoms with Crippen LogP contribution in [0.2, 0.25) is 0 Å². The fraction of sp³-hybridized carbons (Fsp3) is 0. The van der Waals surface area contributed by atoms with Crippen LogP contribution in [-0.4, -0.2) is 13.7 Å². The molecule has 636 valence electrons. The SMILES string of the molecule is c1cc(-c2c3ccccc3cc3c2sc2ccccc23)cc(-n2c3cccc4c3c3c5c(cccc5ccc32)-c2ccccc2-4)c1.c1cc(-c2cc3ccccc3c3c2sc2ccccc23)cc(-n2c3cccc4c3c3c5c(cccc5ccc32)-c2ccccc2-4)c1.c1cc(-c2cccc3c2sc2cc4ccccc4cc23)cc(-n2c3cccc4c3c3c5c(cccc5ccc32)-c2ccccc2-4)c1. The highest BCUT2D eigenvalue weighted by Crippen LogP contribution is 2.57. The van der Waals surface area contributed by atoms with E-state index in [4.69, 9.17) is 0 Å².